The van der Waals surface area contributed by atoms with Crippen LogP contribution in [0, 0.1) is 13.8 Å². The number of carbonyl (C=O) groups is 1. The molecule has 0 radical (unpaired) electrons. The molecule has 5 nitrogen and oxygen atoms in total. The molecule has 1 aromatic rings. The van der Waals surface area contributed by atoms with E-state index in [9.17, 15) is 4.79 Å². The van der Waals surface area contributed by atoms with Gasteiger partial charge in [-0.25, -0.2) is 0 Å². The van der Waals surface area contributed by atoms with E-state index in [0.29, 0.717) is 11.3 Å². The molecule has 0 aliphatic heterocycles. The van der Waals surface area contributed by atoms with E-state index in [4.69, 9.17) is 5.11 Å². The Morgan fingerprint density at radius 2 is 2.20 bits per heavy atom. The van der Waals surface area contributed by atoms with Crippen molar-refractivity contribution in [3.63, 3.8) is 0 Å². The maximum Gasteiger partial charge on any atom is 0.255 e. The van der Waals surface area contributed by atoms with Crippen molar-refractivity contribution >= 4 is 5.91 Å². The van der Waals surface area contributed by atoms with Crippen LogP contribution < -0.4 is 5.32 Å². The highest BCUT2D eigenvalue weighted by molar-refractivity contribution is 5.96. The molecule has 5 heteroatoms. The summed E-state index contributed by atoms with van der Waals surface area (Å²) in [7, 11) is 1.80. The molecule has 1 unspecified atom stereocenters. The Bertz CT molecular complexity index is 369. The monoisotopic (exact) mass is 211 g/mol. The first kappa shape index (κ1) is 11.7. The number of aryl methyl sites for hydroxylation is 2. The molecule has 15 heavy (non-hydrogen) atoms. The number of aromatic nitrogens is 2. The lowest BCUT2D eigenvalue weighted by Crippen LogP contribution is -2.31. The first-order valence-corrected chi connectivity index (χ1v) is 4.90. The topological polar surface area (TPSA) is 67.2 Å². The van der Waals surface area contributed by atoms with Crippen LogP contribution in [0.2, 0.25) is 0 Å². The van der Waals surface area contributed by atoms with Gasteiger partial charge in [-0.2, -0.15) is 5.10 Å². The minimum absolute atomic E-state index is 0.181. The van der Waals surface area contributed by atoms with Crippen LogP contribution in [0.3, 0.4) is 0 Å². The third kappa shape index (κ3) is 2.56. The second-order valence-corrected chi connectivity index (χ2v) is 3.73. The van der Waals surface area contributed by atoms with Crippen LogP contribution in [0.25, 0.3) is 0 Å². The minimum atomic E-state index is -0.536. The van der Waals surface area contributed by atoms with Gasteiger partial charge >= 0.3 is 0 Å². The summed E-state index contributed by atoms with van der Waals surface area (Å²) in [5.41, 5.74) is 2.13. The SMILES string of the molecule is Cc1nn(C)c(C)c1C(=O)NCC(C)O. The van der Waals surface area contributed by atoms with Crippen LogP contribution in [0.5, 0.6) is 0 Å². The number of hydrogen-bond acceptors (Lipinski definition) is 3. The van der Waals surface area contributed by atoms with Gasteiger partial charge in [-0.3, -0.25) is 9.48 Å². The predicted octanol–water partition coefficient (Wildman–Crippen LogP) is 0.148. The van der Waals surface area contributed by atoms with E-state index in [1.807, 2.05) is 6.92 Å². The molecule has 1 rings (SSSR count). The summed E-state index contributed by atoms with van der Waals surface area (Å²) in [6.07, 6.45) is -0.536. The Hall–Kier alpha value is -1.36. The summed E-state index contributed by atoms with van der Waals surface area (Å²) >= 11 is 0. The zero-order valence-electron chi connectivity index (χ0n) is 9.53. The summed E-state index contributed by atoms with van der Waals surface area (Å²) in [4.78, 5) is 11.7. The fraction of sp³-hybridized carbons (Fsp3) is 0.600. The number of nitrogens with one attached hydrogen (secondary N) is 1. The number of aliphatic hydroxyl groups excluding tert-OH is 1. The third-order valence-electron chi connectivity index (χ3n) is 2.29. The van der Waals surface area contributed by atoms with E-state index < -0.39 is 6.10 Å². The molecular weight excluding hydrogens is 194 g/mol. The highest BCUT2D eigenvalue weighted by Gasteiger charge is 2.16. The average molecular weight is 211 g/mol. The molecule has 0 bridgehead atoms. The maximum atomic E-state index is 11.7. The Morgan fingerprint density at radius 3 is 2.60 bits per heavy atom. The summed E-state index contributed by atoms with van der Waals surface area (Å²) < 4.78 is 1.67. The summed E-state index contributed by atoms with van der Waals surface area (Å²) in [6.45, 7) is 5.53. The molecule has 0 saturated carbocycles. The Labute approximate surface area is 89.1 Å². The van der Waals surface area contributed by atoms with Crippen molar-refractivity contribution in [2.24, 2.45) is 7.05 Å². The van der Waals surface area contributed by atoms with Gasteiger partial charge in [0.25, 0.3) is 5.91 Å². The highest BCUT2D eigenvalue weighted by Crippen LogP contribution is 2.11. The standard InChI is InChI=1S/C10H17N3O2/c1-6(14)5-11-10(15)9-7(2)12-13(4)8(9)3/h6,14H,5H2,1-4H3,(H,11,15). The summed E-state index contributed by atoms with van der Waals surface area (Å²) in [5.74, 6) is -0.181. The molecule has 84 valence electrons. The number of aliphatic hydroxyl groups is 1. The van der Waals surface area contributed by atoms with Gasteiger partial charge in [-0.05, 0) is 20.8 Å². The number of carbonyl (C=O) groups excluding carboxylic acids is 1. The lowest BCUT2D eigenvalue weighted by atomic mass is 10.2. The zero-order chi connectivity index (χ0) is 11.6. The van der Waals surface area contributed by atoms with E-state index in [-0.39, 0.29) is 12.5 Å². The second-order valence-electron chi connectivity index (χ2n) is 3.73. The quantitative estimate of drug-likeness (QED) is 0.747. The van der Waals surface area contributed by atoms with Crippen molar-refractivity contribution < 1.29 is 9.90 Å². The molecule has 0 aliphatic rings. The number of hydrogen-bond donors (Lipinski definition) is 2. The minimum Gasteiger partial charge on any atom is -0.392 e. The molecule has 1 heterocycles. The summed E-state index contributed by atoms with van der Waals surface area (Å²) in [6, 6.07) is 0. The molecule has 0 saturated heterocycles. The molecule has 0 spiro atoms. The largest absolute Gasteiger partial charge is 0.392 e. The van der Waals surface area contributed by atoms with Crippen molar-refractivity contribution in [3.8, 4) is 0 Å². The van der Waals surface area contributed by atoms with Gasteiger partial charge < -0.3 is 10.4 Å². The number of nitrogens with zero attached hydrogens (tertiary/aromatic N) is 2. The lowest BCUT2D eigenvalue weighted by molar-refractivity contribution is 0.0922. The fourth-order valence-corrected chi connectivity index (χ4v) is 1.43. The fourth-order valence-electron chi connectivity index (χ4n) is 1.43. The molecular formula is C10H17N3O2. The van der Waals surface area contributed by atoms with Gasteiger partial charge in [0, 0.05) is 19.3 Å². The average Bonchev–Trinajstić information content (AvgIpc) is 2.37. The van der Waals surface area contributed by atoms with Gasteiger partial charge in [0.15, 0.2) is 0 Å². The lowest BCUT2D eigenvalue weighted by Gasteiger charge is -2.07. The van der Waals surface area contributed by atoms with Gasteiger partial charge in [-0.15, -0.1) is 0 Å². The van der Waals surface area contributed by atoms with E-state index in [0.717, 1.165) is 5.69 Å². The Kier molecular flexibility index (Phi) is 3.47. The Morgan fingerprint density at radius 1 is 1.60 bits per heavy atom. The predicted molar refractivity (Wildman–Crippen MR) is 56.7 cm³/mol. The van der Waals surface area contributed by atoms with Gasteiger partial charge in [0.05, 0.1) is 17.4 Å². The molecule has 0 fully saturated rings. The van der Waals surface area contributed by atoms with Crippen molar-refractivity contribution in [2.75, 3.05) is 6.54 Å². The third-order valence-corrected chi connectivity index (χ3v) is 2.29. The number of rotatable bonds is 3. The van der Waals surface area contributed by atoms with Crippen molar-refractivity contribution in [3.05, 3.63) is 17.0 Å². The zero-order valence-corrected chi connectivity index (χ0v) is 9.53. The maximum absolute atomic E-state index is 11.7. The van der Waals surface area contributed by atoms with Gasteiger partial charge in [0.2, 0.25) is 0 Å². The first-order chi connectivity index (χ1) is 6.93. The van der Waals surface area contributed by atoms with Crippen LogP contribution in [0.1, 0.15) is 28.7 Å². The second kappa shape index (κ2) is 4.44. The van der Waals surface area contributed by atoms with Crippen LogP contribution in [0.15, 0.2) is 0 Å². The molecule has 1 amide bonds. The first-order valence-electron chi connectivity index (χ1n) is 4.90. The highest BCUT2D eigenvalue weighted by atomic mass is 16.3. The molecule has 1 aromatic heterocycles. The molecule has 2 N–H and O–H groups in total. The van der Waals surface area contributed by atoms with Crippen molar-refractivity contribution in [1.82, 2.24) is 15.1 Å². The molecule has 0 aliphatic carbocycles. The van der Waals surface area contributed by atoms with E-state index in [2.05, 4.69) is 10.4 Å². The van der Waals surface area contributed by atoms with E-state index >= 15 is 0 Å². The van der Waals surface area contributed by atoms with Crippen molar-refractivity contribution in [1.29, 1.82) is 0 Å². The van der Waals surface area contributed by atoms with Crippen LogP contribution in [0.4, 0.5) is 0 Å². The Balaban J connectivity index is 2.82. The smallest absolute Gasteiger partial charge is 0.255 e. The molecule has 0 aromatic carbocycles. The van der Waals surface area contributed by atoms with Crippen LogP contribution >= 0.6 is 0 Å². The van der Waals surface area contributed by atoms with Crippen molar-refractivity contribution in [2.45, 2.75) is 26.9 Å². The van der Waals surface area contributed by atoms with Gasteiger partial charge in [0.1, 0.15) is 0 Å². The number of amides is 1. The molecule has 1 atom stereocenters. The van der Waals surface area contributed by atoms with Gasteiger partial charge in [-0.1, -0.05) is 0 Å². The van der Waals surface area contributed by atoms with Crippen LogP contribution in [-0.2, 0) is 7.05 Å². The normalized spacial score (nSPS) is 12.6. The van der Waals surface area contributed by atoms with E-state index in [1.54, 1.807) is 25.6 Å². The van der Waals surface area contributed by atoms with Crippen LogP contribution in [-0.4, -0.2) is 33.4 Å². The summed E-state index contributed by atoms with van der Waals surface area (Å²) in [5, 5.41) is 15.9. The van der Waals surface area contributed by atoms with E-state index in [1.165, 1.54) is 0 Å².